The number of fused-ring (bicyclic) bond motifs is 6. The summed E-state index contributed by atoms with van der Waals surface area (Å²) in [6.07, 6.45) is 0.847. The Labute approximate surface area is 817 Å². The fourth-order valence-electron chi connectivity index (χ4n) is 19.5. The van der Waals surface area contributed by atoms with Crippen molar-refractivity contribution in [3.05, 3.63) is 553 Å². The molecule has 0 radical (unpaired) electrons. The minimum absolute atomic E-state index is 0.847. The number of anilines is 24. The van der Waals surface area contributed by atoms with E-state index in [1.165, 1.54) is 88.3 Å². The summed E-state index contributed by atoms with van der Waals surface area (Å²) in [4.78, 5) is 18.8. The van der Waals surface area contributed by atoms with Gasteiger partial charge < -0.3 is 39.2 Å². The van der Waals surface area contributed by atoms with E-state index >= 15 is 0 Å². The number of benzene rings is 21. The highest BCUT2D eigenvalue weighted by Crippen LogP contribution is 2.50. The normalized spacial score (nSPS) is 11.3. The third kappa shape index (κ3) is 18.9. The SMILES string of the molecule is Cc1ccc(N(c2ccc(C)cc2)c2ccc(N(c3ccc(N(c4ccc(C)cc4)c4ccc(C)cc4)cc3)c3ccc4c(ccc5cc(N(c6ccccc6)c6ccccc6)ccc54)c3)cc2)cc1.Cc1cccc(N(c2ccc(N(c3ccc(N(c4cccc(C)c4)c4cccc(C)c4)cc3)c3ccc4c(c3)Cc3cc(N(c5ccccc5)c5ccccc5)ccc3-4)cc2)c2cccc(C)c2)c1. The van der Waals surface area contributed by atoms with E-state index in [4.69, 9.17) is 0 Å². The van der Waals surface area contributed by atoms with Crippen LogP contribution in [0.4, 0.5) is 136 Å². The molecule has 1 aliphatic rings. The molecule has 8 heteroatoms. The van der Waals surface area contributed by atoms with Gasteiger partial charge in [0.15, 0.2) is 0 Å². The Kier molecular flexibility index (Phi) is 24.9. The van der Waals surface area contributed by atoms with Gasteiger partial charge in [0.25, 0.3) is 0 Å². The maximum atomic E-state index is 2.40. The van der Waals surface area contributed by atoms with E-state index < -0.39 is 0 Å². The lowest BCUT2D eigenvalue weighted by molar-refractivity contribution is 1.21. The molecule has 0 atom stereocenters. The average molecular weight is 1790 g/mol. The molecule has 0 spiro atoms. The Balaban J connectivity index is 0.000000165. The van der Waals surface area contributed by atoms with Gasteiger partial charge in [-0.3, -0.25) is 0 Å². The lowest BCUT2D eigenvalue weighted by atomic mass is 10.00. The molecular weight excluding hydrogens is 1690 g/mol. The van der Waals surface area contributed by atoms with Gasteiger partial charge in [-0.1, -0.05) is 229 Å². The van der Waals surface area contributed by atoms with Gasteiger partial charge >= 0.3 is 0 Å². The highest BCUT2D eigenvalue weighted by atomic mass is 15.2. The molecule has 0 heterocycles. The van der Waals surface area contributed by atoms with Crippen LogP contribution in [0.15, 0.2) is 497 Å². The predicted molar refractivity (Wildman–Crippen MR) is 591 cm³/mol. The summed E-state index contributed by atoms with van der Waals surface area (Å²) in [7, 11) is 0. The molecule has 0 N–H and O–H groups in total. The highest BCUT2D eigenvalue weighted by molar-refractivity contribution is 6.10. The number of para-hydroxylation sites is 4. The maximum absolute atomic E-state index is 2.40. The number of rotatable bonds is 24. The fraction of sp³-hybridized carbons (Fsp3) is 0.0687. The molecule has 0 saturated heterocycles. The van der Waals surface area contributed by atoms with Gasteiger partial charge in [0.2, 0.25) is 0 Å². The molecular formula is C131H108N8. The van der Waals surface area contributed by atoms with Crippen LogP contribution >= 0.6 is 0 Å². The topological polar surface area (TPSA) is 25.9 Å². The quantitative estimate of drug-likeness (QED) is 0.0552. The van der Waals surface area contributed by atoms with E-state index in [0.29, 0.717) is 0 Å². The van der Waals surface area contributed by atoms with Crippen molar-refractivity contribution in [1.29, 1.82) is 0 Å². The van der Waals surface area contributed by atoms with Gasteiger partial charge in [-0.15, -0.1) is 0 Å². The van der Waals surface area contributed by atoms with Gasteiger partial charge in [-0.25, -0.2) is 0 Å². The van der Waals surface area contributed by atoms with Gasteiger partial charge in [-0.05, 0) is 419 Å². The molecule has 0 fully saturated rings. The first kappa shape index (κ1) is 88.2. The standard InChI is InChI=1S/C66H54N4.C65H54N4/c1-47-15-25-55(26-16-47)67(56-27-17-48(2)18-28-56)59-33-37-61(38-34-59)70(62-39-35-60(36-40-62)68(57-29-19-49(3)20-30-57)58-31-21-50(4)22-32-58)64-42-44-66-52(46-64)24-23-51-45-63(41-43-65(51)66)69(53-11-7-5-8-12-53)54-13-9-6-10-14-54;1-46-15-11-23-58(39-46)68(59-24-12-16-47(2)40-59)56-31-27-54(28-32-56)67(55-29-33-57(34-30-55)69(60-25-13-17-48(3)41-60)61-26-14-18-49(4)42-61)63-36-38-65-51(45-63)43-50-44-62(35-37-64(50)65)66(52-19-7-5-8-20-52)53-21-9-6-10-22-53/h5-46H,1-4H3;5-42,44-45H,43H2,1-4H3. The second kappa shape index (κ2) is 39.2. The van der Waals surface area contributed by atoms with Crippen LogP contribution in [-0.4, -0.2) is 0 Å². The Morgan fingerprint density at radius 1 is 0.122 bits per heavy atom. The highest BCUT2D eigenvalue weighted by Gasteiger charge is 2.28. The molecule has 8 nitrogen and oxygen atoms in total. The van der Waals surface area contributed by atoms with Gasteiger partial charge in [-0.2, -0.15) is 0 Å². The van der Waals surface area contributed by atoms with Crippen LogP contribution in [0.2, 0.25) is 0 Å². The zero-order chi connectivity index (χ0) is 94.4. The summed E-state index contributed by atoms with van der Waals surface area (Å²) in [5.41, 5.74) is 41.6. The van der Waals surface area contributed by atoms with E-state index in [1.807, 2.05) is 0 Å². The van der Waals surface area contributed by atoms with Crippen molar-refractivity contribution in [3.63, 3.8) is 0 Å². The third-order valence-corrected chi connectivity index (χ3v) is 26.4. The van der Waals surface area contributed by atoms with Crippen molar-refractivity contribution < 1.29 is 0 Å². The zero-order valence-corrected chi connectivity index (χ0v) is 79.6. The average Bonchev–Trinajstić information content (AvgIpc) is 1.73. The van der Waals surface area contributed by atoms with Crippen molar-refractivity contribution in [2.75, 3.05) is 39.2 Å². The molecule has 0 unspecified atom stereocenters. The zero-order valence-electron chi connectivity index (χ0n) is 79.6. The van der Waals surface area contributed by atoms with Gasteiger partial charge in [0.1, 0.15) is 0 Å². The molecule has 21 aromatic carbocycles. The molecule has 0 aliphatic heterocycles. The van der Waals surface area contributed by atoms with Gasteiger partial charge in [0.05, 0.1) is 0 Å². The molecule has 0 saturated carbocycles. The second-order valence-corrected chi connectivity index (χ2v) is 36.5. The molecule has 21 aromatic rings. The number of hydrogen-bond donors (Lipinski definition) is 0. The summed E-state index contributed by atoms with van der Waals surface area (Å²) in [5.74, 6) is 0. The minimum Gasteiger partial charge on any atom is -0.311 e. The molecule has 0 bridgehead atoms. The summed E-state index contributed by atoms with van der Waals surface area (Å²) >= 11 is 0. The van der Waals surface area contributed by atoms with Crippen LogP contribution in [0.1, 0.15) is 55.6 Å². The molecule has 1 aliphatic carbocycles. The van der Waals surface area contributed by atoms with Crippen LogP contribution in [-0.2, 0) is 6.42 Å². The monoisotopic (exact) mass is 1790 g/mol. The summed E-state index contributed by atoms with van der Waals surface area (Å²) in [5, 5.41) is 4.79. The number of aryl methyl sites for hydroxylation is 8. The largest absolute Gasteiger partial charge is 0.311 e. The van der Waals surface area contributed by atoms with Gasteiger partial charge in [0, 0.05) is 136 Å². The fourth-order valence-corrected chi connectivity index (χ4v) is 19.5. The van der Waals surface area contributed by atoms with Crippen molar-refractivity contribution in [2.45, 2.75) is 61.8 Å². The smallest absolute Gasteiger partial charge is 0.0468 e. The van der Waals surface area contributed by atoms with E-state index in [1.54, 1.807) is 0 Å². The van der Waals surface area contributed by atoms with E-state index in [9.17, 15) is 0 Å². The number of nitrogens with zero attached hydrogens (tertiary/aromatic N) is 8. The Bertz CT molecular complexity index is 7360. The van der Waals surface area contributed by atoms with Crippen LogP contribution in [0.25, 0.3) is 32.7 Å². The van der Waals surface area contributed by atoms with E-state index in [0.717, 1.165) is 143 Å². The lowest BCUT2D eigenvalue weighted by Gasteiger charge is -2.30. The first-order valence-corrected chi connectivity index (χ1v) is 47.9. The minimum atomic E-state index is 0.847. The molecule has 22 rings (SSSR count). The Morgan fingerprint density at radius 3 is 0.511 bits per heavy atom. The first-order valence-electron chi connectivity index (χ1n) is 47.9. The summed E-state index contributed by atoms with van der Waals surface area (Å²) < 4.78 is 0. The summed E-state index contributed by atoms with van der Waals surface area (Å²) in [6, 6.07) is 181. The van der Waals surface area contributed by atoms with E-state index in [2.05, 4.69) is 592 Å². The lowest BCUT2D eigenvalue weighted by Crippen LogP contribution is -2.13. The van der Waals surface area contributed by atoms with Crippen LogP contribution < -0.4 is 39.2 Å². The van der Waals surface area contributed by atoms with Crippen molar-refractivity contribution in [1.82, 2.24) is 0 Å². The van der Waals surface area contributed by atoms with Crippen LogP contribution in [0.5, 0.6) is 0 Å². The third-order valence-electron chi connectivity index (χ3n) is 26.4. The maximum Gasteiger partial charge on any atom is 0.0468 e. The molecule has 672 valence electrons. The van der Waals surface area contributed by atoms with Crippen molar-refractivity contribution >= 4 is 158 Å². The predicted octanol–water partition coefficient (Wildman–Crippen LogP) is 37.5. The molecule has 0 amide bonds. The summed E-state index contributed by atoms with van der Waals surface area (Å²) in [6.45, 7) is 17.2. The van der Waals surface area contributed by atoms with Crippen LogP contribution in [0.3, 0.4) is 0 Å². The Hall–Kier alpha value is -17.5. The Morgan fingerprint density at radius 2 is 0.288 bits per heavy atom. The first-order chi connectivity index (χ1) is 68.1. The van der Waals surface area contributed by atoms with Crippen LogP contribution in [0, 0.1) is 55.4 Å². The number of hydrogen-bond acceptors (Lipinski definition) is 8. The van der Waals surface area contributed by atoms with Crippen molar-refractivity contribution in [3.8, 4) is 11.1 Å². The molecule has 0 aromatic heterocycles. The van der Waals surface area contributed by atoms with Crippen molar-refractivity contribution in [2.24, 2.45) is 0 Å². The second-order valence-electron chi connectivity index (χ2n) is 36.5. The molecule has 139 heavy (non-hydrogen) atoms. The van der Waals surface area contributed by atoms with E-state index in [-0.39, 0.29) is 0 Å².